The van der Waals surface area contributed by atoms with Crippen LogP contribution in [-0.2, 0) is 9.57 Å². The Morgan fingerprint density at radius 2 is 2.18 bits per heavy atom. The van der Waals surface area contributed by atoms with Crippen LogP contribution in [0.3, 0.4) is 0 Å². The Bertz CT molecular complexity index is 191. The number of fused-ring (bicyclic) bond motifs is 2. The quantitative estimate of drug-likeness (QED) is 0.506. The van der Waals surface area contributed by atoms with Crippen LogP contribution >= 0.6 is 0 Å². The van der Waals surface area contributed by atoms with Gasteiger partial charge in [-0.2, -0.15) is 5.06 Å². The van der Waals surface area contributed by atoms with E-state index in [1.807, 2.05) is 12.1 Å². The molecule has 0 aromatic rings. The first-order valence-electron chi connectivity index (χ1n) is 4.32. The molecule has 0 N–H and O–H groups in total. The standard InChI is InChI=1S/C8H13NO2/c1-9-7-5-10-4-6(7)8(11-9)2-3-8/h6-7H,2-5H2,1H3/t6-,7+/m1/s1. The van der Waals surface area contributed by atoms with Gasteiger partial charge < -0.3 is 4.74 Å². The van der Waals surface area contributed by atoms with Gasteiger partial charge in [-0.1, -0.05) is 0 Å². The third-order valence-corrected chi connectivity index (χ3v) is 3.26. The average Bonchev–Trinajstić information content (AvgIpc) is 2.52. The van der Waals surface area contributed by atoms with E-state index in [2.05, 4.69) is 0 Å². The van der Waals surface area contributed by atoms with E-state index in [9.17, 15) is 0 Å². The summed E-state index contributed by atoms with van der Waals surface area (Å²) in [5, 5.41) is 2.00. The predicted molar refractivity (Wildman–Crippen MR) is 38.9 cm³/mol. The Hall–Kier alpha value is -0.120. The molecule has 0 bridgehead atoms. The minimum absolute atomic E-state index is 0.218. The Morgan fingerprint density at radius 1 is 1.36 bits per heavy atom. The molecule has 3 aliphatic rings. The topological polar surface area (TPSA) is 21.7 Å². The van der Waals surface area contributed by atoms with E-state index in [1.54, 1.807) is 0 Å². The molecule has 1 spiro atoms. The van der Waals surface area contributed by atoms with Crippen LogP contribution in [0.15, 0.2) is 0 Å². The summed E-state index contributed by atoms with van der Waals surface area (Å²) >= 11 is 0. The lowest BCUT2D eigenvalue weighted by molar-refractivity contribution is -0.166. The number of hydroxylamine groups is 2. The first kappa shape index (κ1) is 6.40. The number of likely N-dealkylation sites (N-methyl/N-ethyl adjacent to an activating group) is 1. The second-order valence-electron chi connectivity index (χ2n) is 3.91. The van der Waals surface area contributed by atoms with Gasteiger partial charge in [0.2, 0.25) is 0 Å². The Balaban J connectivity index is 1.91. The van der Waals surface area contributed by atoms with Crippen molar-refractivity contribution in [3.05, 3.63) is 0 Å². The maximum Gasteiger partial charge on any atom is 0.0968 e. The Labute approximate surface area is 66.2 Å². The van der Waals surface area contributed by atoms with Gasteiger partial charge in [0.1, 0.15) is 0 Å². The van der Waals surface area contributed by atoms with Gasteiger partial charge in [-0.25, -0.2) is 0 Å². The molecule has 2 atom stereocenters. The molecule has 0 amide bonds. The van der Waals surface area contributed by atoms with Gasteiger partial charge in [-0.3, -0.25) is 4.84 Å². The first-order valence-corrected chi connectivity index (χ1v) is 4.32. The van der Waals surface area contributed by atoms with E-state index in [0.717, 1.165) is 13.2 Å². The van der Waals surface area contributed by atoms with Crippen molar-refractivity contribution in [1.29, 1.82) is 0 Å². The van der Waals surface area contributed by atoms with Crippen LogP contribution in [0.5, 0.6) is 0 Å². The minimum Gasteiger partial charge on any atom is -0.379 e. The predicted octanol–water partition coefficient (Wildman–Crippen LogP) is 0.411. The SMILES string of the molecule is CN1OC2(CC2)[C@@H]2COC[C@@H]21. The smallest absolute Gasteiger partial charge is 0.0968 e. The van der Waals surface area contributed by atoms with Crippen LogP contribution in [0.2, 0.25) is 0 Å². The lowest BCUT2D eigenvalue weighted by atomic mass is 9.97. The maximum absolute atomic E-state index is 5.78. The van der Waals surface area contributed by atoms with Crippen LogP contribution in [0.1, 0.15) is 12.8 Å². The summed E-state index contributed by atoms with van der Waals surface area (Å²) in [6.45, 7) is 1.78. The summed E-state index contributed by atoms with van der Waals surface area (Å²) in [5.41, 5.74) is 0.218. The number of hydrogen-bond acceptors (Lipinski definition) is 3. The third-order valence-electron chi connectivity index (χ3n) is 3.26. The number of nitrogens with zero attached hydrogens (tertiary/aromatic N) is 1. The molecule has 0 unspecified atom stereocenters. The van der Waals surface area contributed by atoms with Gasteiger partial charge >= 0.3 is 0 Å². The molecule has 3 heteroatoms. The zero-order valence-electron chi connectivity index (χ0n) is 6.75. The minimum atomic E-state index is 0.218. The Kier molecular flexibility index (Phi) is 1.04. The molecule has 3 nitrogen and oxygen atoms in total. The third kappa shape index (κ3) is 0.687. The van der Waals surface area contributed by atoms with E-state index < -0.39 is 0 Å². The van der Waals surface area contributed by atoms with Crippen molar-refractivity contribution in [1.82, 2.24) is 5.06 Å². The summed E-state index contributed by atoms with van der Waals surface area (Å²) in [5.74, 6) is 0.660. The second-order valence-corrected chi connectivity index (χ2v) is 3.91. The molecular formula is C8H13NO2. The highest BCUT2D eigenvalue weighted by Gasteiger charge is 2.62. The van der Waals surface area contributed by atoms with Crippen molar-refractivity contribution >= 4 is 0 Å². The van der Waals surface area contributed by atoms with Crippen molar-refractivity contribution in [2.45, 2.75) is 24.5 Å². The molecule has 1 aliphatic carbocycles. The van der Waals surface area contributed by atoms with Gasteiger partial charge in [0.05, 0.1) is 24.9 Å². The van der Waals surface area contributed by atoms with Crippen molar-refractivity contribution in [3.8, 4) is 0 Å². The van der Waals surface area contributed by atoms with Gasteiger partial charge in [-0.15, -0.1) is 0 Å². The molecule has 3 rings (SSSR count). The van der Waals surface area contributed by atoms with Crippen molar-refractivity contribution in [2.24, 2.45) is 5.92 Å². The van der Waals surface area contributed by atoms with Crippen molar-refractivity contribution < 1.29 is 9.57 Å². The number of hydrogen-bond donors (Lipinski definition) is 0. The molecule has 2 saturated heterocycles. The molecule has 3 fully saturated rings. The summed E-state index contributed by atoms with van der Waals surface area (Å²) in [6.07, 6.45) is 2.48. The zero-order valence-corrected chi connectivity index (χ0v) is 6.75. The largest absolute Gasteiger partial charge is 0.379 e. The van der Waals surface area contributed by atoms with Crippen LogP contribution in [0.4, 0.5) is 0 Å². The second kappa shape index (κ2) is 1.79. The van der Waals surface area contributed by atoms with Crippen LogP contribution < -0.4 is 0 Å². The molecule has 0 aromatic carbocycles. The zero-order chi connectivity index (χ0) is 7.47. The Morgan fingerprint density at radius 3 is 2.91 bits per heavy atom. The fourth-order valence-electron chi connectivity index (χ4n) is 2.41. The van der Waals surface area contributed by atoms with E-state index in [-0.39, 0.29) is 5.60 Å². The fraction of sp³-hybridized carbons (Fsp3) is 1.00. The first-order chi connectivity index (χ1) is 5.32. The fourth-order valence-corrected chi connectivity index (χ4v) is 2.41. The van der Waals surface area contributed by atoms with Crippen LogP contribution in [-0.4, -0.2) is 37.0 Å². The van der Waals surface area contributed by atoms with E-state index in [0.29, 0.717) is 12.0 Å². The maximum atomic E-state index is 5.78. The average molecular weight is 155 g/mol. The van der Waals surface area contributed by atoms with Crippen molar-refractivity contribution in [3.63, 3.8) is 0 Å². The summed E-state index contributed by atoms with van der Waals surface area (Å²) in [7, 11) is 2.03. The van der Waals surface area contributed by atoms with Gasteiger partial charge in [-0.05, 0) is 12.8 Å². The highest BCUT2D eigenvalue weighted by molar-refractivity contribution is 5.09. The van der Waals surface area contributed by atoms with Crippen LogP contribution in [0, 0.1) is 5.92 Å². The molecule has 62 valence electrons. The number of rotatable bonds is 0. The van der Waals surface area contributed by atoms with Gasteiger partial charge in [0, 0.05) is 13.0 Å². The molecule has 0 aromatic heterocycles. The summed E-state index contributed by atoms with van der Waals surface area (Å²) in [4.78, 5) is 5.78. The monoisotopic (exact) mass is 155 g/mol. The lowest BCUT2D eigenvalue weighted by Crippen LogP contribution is -2.28. The highest BCUT2D eigenvalue weighted by atomic mass is 16.7. The van der Waals surface area contributed by atoms with Crippen molar-refractivity contribution in [2.75, 3.05) is 20.3 Å². The summed E-state index contributed by atoms with van der Waals surface area (Å²) < 4.78 is 5.44. The molecule has 1 saturated carbocycles. The summed E-state index contributed by atoms with van der Waals surface area (Å²) in [6, 6.07) is 0.539. The number of ether oxygens (including phenoxy) is 1. The molecular weight excluding hydrogens is 142 g/mol. The van der Waals surface area contributed by atoms with Gasteiger partial charge in [0.15, 0.2) is 0 Å². The highest BCUT2D eigenvalue weighted by Crippen LogP contribution is 2.54. The van der Waals surface area contributed by atoms with E-state index in [1.165, 1.54) is 12.8 Å². The van der Waals surface area contributed by atoms with Crippen LogP contribution in [0.25, 0.3) is 0 Å². The molecule has 2 heterocycles. The van der Waals surface area contributed by atoms with E-state index >= 15 is 0 Å². The lowest BCUT2D eigenvalue weighted by Gasteiger charge is -2.14. The molecule has 0 radical (unpaired) electrons. The molecule has 11 heavy (non-hydrogen) atoms. The molecule has 2 aliphatic heterocycles. The van der Waals surface area contributed by atoms with E-state index in [4.69, 9.17) is 9.57 Å². The van der Waals surface area contributed by atoms with Gasteiger partial charge in [0.25, 0.3) is 0 Å². The normalized spacial score (nSPS) is 46.6.